The molecule has 0 bridgehead atoms. The summed E-state index contributed by atoms with van der Waals surface area (Å²) in [7, 11) is 1.26. The molecule has 1 aromatic carbocycles. The second-order valence-corrected chi connectivity index (χ2v) is 9.25. The van der Waals surface area contributed by atoms with Gasteiger partial charge in [-0.05, 0) is 55.4 Å². The molecule has 1 saturated carbocycles. The van der Waals surface area contributed by atoms with Crippen molar-refractivity contribution in [1.29, 1.82) is 5.26 Å². The Balaban J connectivity index is 1.51. The maximum atomic E-state index is 13.6. The summed E-state index contributed by atoms with van der Waals surface area (Å²) in [5.74, 6) is -1.79. The van der Waals surface area contributed by atoms with Gasteiger partial charge in [0.1, 0.15) is 6.04 Å². The van der Waals surface area contributed by atoms with Crippen molar-refractivity contribution >= 4 is 23.6 Å². The molecule has 10 heteroatoms. The maximum Gasteiger partial charge on any atom is 0.410 e. The van der Waals surface area contributed by atoms with Crippen molar-refractivity contribution in [3.05, 3.63) is 29.3 Å². The number of piperidine rings is 1. The van der Waals surface area contributed by atoms with E-state index >= 15 is 0 Å². The average molecular weight is 456 g/mol. The molecule has 2 saturated heterocycles. The number of hydrogen-bond acceptors (Lipinski definition) is 7. The van der Waals surface area contributed by atoms with E-state index in [1.54, 1.807) is 16.4 Å². The lowest BCUT2D eigenvalue weighted by molar-refractivity contribution is -0.150. The van der Waals surface area contributed by atoms with Crippen molar-refractivity contribution in [2.45, 2.75) is 32.2 Å². The quantitative estimate of drug-likeness (QED) is 0.519. The van der Waals surface area contributed by atoms with Crippen LogP contribution in [-0.2, 0) is 14.3 Å². The van der Waals surface area contributed by atoms with Gasteiger partial charge >= 0.3 is 6.09 Å². The fraction of sp³-hybridized carbons (Fsp3) is 0.565. The number of anilines is 1. The number of hydroxylamine groups is 1. The predicted octanol–water partition coefficient (Wildman–Crippen LogP) is 1.26. The molecule has 2 N–H and O–H groups in total. The number of nitrogens with zero attached hydrogens (tertiary/aromatic N) is 4. The average Bonchev–Trinajstić information content (AvgIpc) is 3.60. The Morgan fingerprint density at radius 2 is 1.91 bits per heavy atom. The lowest BCUT2D eigenvalue weighted by Gasteiger charge is -2.45. The van der Waals surface area contributed by atoms with Crippen LogP contribution in [0.2, 0.25) is 0 Å². The number of aryl methyl sites for hydroxylation is 1. The van der Waals surface area contributed by atoms with Gasteiger partial charge in [-0.25, -0.2) is 10.3 Å². The zero-order valence-electron chi connectivity index (χ0n) is 18.9. The van der Waals surface area contributed by atoms with Crippen molar-refractivity contribution in [1.82, 2.24) is 15.3 Å². The fourth-order valence-electron chi connectivity index (χ4n) is 5.21. The van der Waals surface area contributed by atoms with Gasteiger partial charge in [-0.3, -0.25) is 19.7 Å². The molecular weight excluding hydrogens is 426 g/mol. The number of carbonyl (C=O) groups is 3. The second kappa shape index (κ2) is 8.90. The summed E-state index contributed by atoms with van der Waals surface area (Å²) in [5, 5.41) is 18.4. The third-order valence-corrected chi connectivity index (χ3v) is 7.20. The van der Waals surface area contributed by atoms with E-state index in [1.807, 2.05) is 19.1 Å². The molecule has 2 atom stereocenters. The third-order valence-electron chi connectivity index (χ3n) is 7.20. The Labute approximate surface area is 192 Å². The lowest BCUT2D eigenvalue weighted by Crippen LogP contribution is -2.63. The first-order valence-electron chi connectivity index (χ1n) is 11.2. The normalized spacial score (nSPS) is 23.6. The zero-order valence-corrected chi connectivity index (χ0v) is 18.9. The molecule has 1 spiro atoms. The maximum absolute atomic E-state index is 13.6. The molecule has 10 nitrogen and oxygen atoms in total. The van der Waals surface area contributed by atoms with Crippen molar-refractivity contribution in [3.8, 4) is 6.07 Å². The number of piperazine rings is 1. The Morgan fingerprint density at radius 1 is 1.21 bits per heavy atom. The number of rotatable bonds is 3. The Kier molecular flexibility index (Phi) is 6.17. The molecule has 0 aromatic heterocycles. The summed E-state index contributed by atoms with van der Waals surface area (Å²) in [5.41, 5.74) is 4.12. The molecule has 2 heterocycles. The fourth-order valence-corrected chi connectivity index (χ4v) is 5.21. The summed E-state index contributed by atoms with van der Waals surface area (Å²) in [6.45, 7) is 4.37. The molecule has 3 amide bonds. The molecule has 3 fully saturated rings. The van der Waals surface area contributed by atoms with Crippen molar-refractivity contribution < 1.29 is 24.3 Å². The summed E-state index contributed by atoms with van der Waals surface area (Å²) < 4.78 is 4.94. The minimum Gasteiger partial charge on any atom is -0.453 e. The molecule has 33 heavy (non-hydrogen) atoms. The van der Waals surface area contributed by atoms with E-state index in [4.69, 9.17) is 10.00 Å². The zero-order chi connectivity index (χ0) is 23.8. The summed E-state index contributed by atoms with van der Waals surface area (Å²) in [6, 6.07) is 6.66. The number of methoxy groups -OCH3 is 1. The van der Waals surface area contributed by atoms with Gasteiger partial charge in [0.25, 0.3) is 0 Å². The molecular formula is C23H29N5O5. The van der Waals surface area contributed by atoms with Gasteiger partial charge in [-0.1, -0.05) is 0 Å². The van der Waals surface area contributed by atoms with Gasteiger partial charge in [0.05, 0.1) is 24.7 Å². The van der Waals surface area contributed by atoms with E-state index in [-0.39, 0.29) is 11.3 Å². The molecule has 0 radical (unpaired) electrons. The highest BCUT2D eigenvalue weighted by molar-refractivity contribution is 5.93. The monoisotopic (exact) mass is 455 g/mol. The standard InChI is InChI=1S/C23H29N5O5/c1-15-11-16(13-24)3-4-18(15)26-7-9-27(10-8-26)21(30)19-17(20(29)25-32)12-23(5-6-23)14-28(19)22(31)33-2/h3-4,11,17,19,32H,5-10,12,14H2,1-2H3,(H,25,29). The van der Waals surface area contributed by atoms with Crippen LogP contribution in [0.3, 0.4) is 0 Å². The topological polar surface area (TPSA) is 126 Å². The molecule has 1 aromatic rings. The summed E-state index contributed by atoms with van der Waals surface area (Å²) in [6.07, 6.45) is 1.56. The molecule has 176 valence electrons. The Morgan fingerprint density at radius 3 is 2.45 bits per heavy atom. The van der Waals surface area contributed by atoms with Crippen LogP contribution in [0.1, 0.15) is 30.4 Å². The SMILES string of the molecule is COC(=O)N1CC2(CC2)CC(C(=O)NO)C1C(=O)N1CCN(c2ccc(C#N)cc2C)CC1. The minimum absolute atomic E-state index is 0.187. The third kappa shape index (κ3) is 4.33. The lowest BCUT2D eigenvalue weighted by atomic mass is 9.80. The van der Waals surface area contributed by atoms with E-state index in [0.29, 0.717) is 44.7 Å². The van der Waals surface area contributed by atoms with Gasteiger partial charge in [-0.2, -0.15) is 5.26 Å². The Hall–Kier alpha value is -3.32. The predicted molar refractivity (Wildman–Crippen MR) is 117 cm³/mol. The summed E-state index contributed by atoms with van der Waals surface area (Å²) >= 11 is 0. The number of ether oxygens (including phenoxy) is 1. The smallest absolute Gasteiger partial charge is 0.410 e. The molecule has 2 unspecified atom stereocenters. The highest BCUT2D eigenvalue weighted by atomic mass is 16.5. The number of benzene rings is 1. The number of hydrogen-bond donors (Lipinski definition) is 2. The Bertz CT molecular complexity index is 965. The van der Waals surface area contributed by atoms with Gasteiger partial charge in [-0.15, -0.1) is 0 Å². The largest absolute Gasteiger partial charge is 0.453 e. The molecule has 1 aliphatic carbocycles. The van der Waals surface area contributed by atoms with Crippen LogP contribution in [0.5, 0.6) is 0 Å². The number of likely N-dealkylation sites (tertiary alicyclic amines) is 1. The number of amides is 3. The van der Waals surface area contributed by atoms with Crippen LogP contribution in [-0.4, -0.2) is 78.8 Å². The van der Waals surface area contributed by atoms with E-state index in [9.17, 15) is 19.6 Å². The van der Waals surface area contributed by atoms with Crippen molar-refractivity contribution in [3.63, 3.8) is 0 Å². The minimum atomic E-state index is -1.01. The first kappa shape index (κ1) is 22.9. The molecule has 2 aliphatic heterocycles. The van der Waals surface area contributed by atoms with Gasteiger partial charge in [0.2, 0.25) is 11.8 Å². The number of nitrogens with one attached hydrogen (secondary N) is 1. The molecule has 4 rings (SSSR count). The van der Waals surface area contributed by atoms with Crippen LogP contribution in [0.15, 0.2) is 18.2 Å². The van der Waals surface area contributed by atoms with Crippen LogP contribution in [0.4, 0.5) is 10.5 Å². The van der Waals surface area contributed by atoms with Crippen molar-refractivity contribution in [2.75, 3.05) is 44.7 Å². The van der Waals surface area contributed by atoms with Gasteiger partial charge in [0.15, 0.2) is 0 Å². The first-order valence-corrected chi connectivity index (χ1v) is 11.2. The second-order valence-electron chi connectivity index (χ2n) is 9.25. The first-order chi connectivity index (χ1) is 15.8. The van der Waals surface area contributed by atoms with Crippen LogP contribution in [0.25, 0.3) is 0 Å². The van der Waals surface area contributed by atoms with Crippen molar-refractivity contribution in [2.24, 2.45) is 11.3 Å². The van der Waals surface area contributed by atoms with Crippen LogP contribution < -0.4 is 10.4 Å². The van der Waals surface area contributed by atoms with Crippen LogP contribution in [0, 0.1) is 29.6 Å². The van der Waals surface area contributed by atoms with Gasteiger partial charge < -0.3 is 14.5 Å². The van der Waals surface area contributed by atoms with E-state index in [1.165, 1.54) is 12.0 Å². The van der Waals surface area contributed by atoms with E-state index in [2.05, 4.69) is 11.0 Å². The van der Waals surface area contributed by atoms with Gasteiger partial charge in [0, 0.05) is 38.4 Å². The van der Waals surface area contributed by atoms with Crippen LogP contribution >= 0.6 is 0 Å². The summed E-state index contributed by atoms with van der Waals surface area (Å²) in [4.78, 5) is 43.9. The van der Waals surface area contributed by atoms with E-state index in [0.717, 1.165) is 24.1 Å². The number of carbonyl (C=O) groups excluding carboxylic acids is 3. The highest BCUT2D eigenvalue weighted by Gasteiger charge is 2.57. The highest BCUT2D eigenvalue weighted by Crippen LogP contribution is 2.55. The molecule has 3 aliphatic rings. The number of nitriles is 1. The van der Waals surface area contributed by atoms with E-state index < -0.39 is 24.0 Å².